The van der Waals surface area contributed by atoms with Crippen molar-refractivity contribution in [3.05, 3.63) is 0 Å². The molecule has 4 atom stereocenters. The van der Waals surface area contributed by atoms with Gasteiger partial charge in [0.15, 0.2) is 0 Å². The van der Waals surface area contributed by atoms with Crippen molar-refractivity contribution in [3.8, 4) is 0 Å². The summed E-state index contributed by atoms with van der Waals surface area (Å²) in [6.07, 6.45) is -6.94. The van der Waals surface area contributed by atoms with E-state index in [1.165, 1.54) is 0 Å². The van der Waals surface area contributed by atoms with Gasteiger partial charge in [0.25, 0.3) is 0 Å². The van der Waals surface area contributed by atoms with Crippen molar-refractivity contribution in [2.24, 2.45) is 0 Å². The van der Waals surface area contributed by atoms with Crippen LogP contribution in [0.15, 0.2) is 0 Å². The van der Waals surface area contributed by atoms with E-state index in [0.717, 1.165) is 0 Å². The predicted octanol–water partition coefficient (Wildman–Crippen LogP) is -3.12. The van der Waals surface area contributed by atoms with Crippen molar-refractivity contribution in [2.45, 2.75) is 24.4 Å². The average molecular weight is 409 g/mol. The second-order valence-corrected chi connectivity index (χ2v) is 5.17. The molecule has 0 amide bonds. The summed E-state index contributed by atoms with van der Waals surface area (Å²) in [5, 5.41) is 44.8. The van der Waals surface area contributed by atoms with Gasteiger partial charge in [0.1, 0.15) is 0 Å². The van der Waals surface area contributed by atoms with E-state index in [1.807, 2.05) is 0 Å². The first-order valence-electron chi connectivity index (χ1n) is 3.54. The first-order chi connectivity index (χ1) is 6.45. The third kappa shape index (κ3) is 3.97. The molecular formula is C6H12AuO6S. The van der Waals surface area contributed by atoms with Crippen LogP contribution >= 0.6 is 10.1 Å². The molecule has 0 aliphatic heterocycles. The van der Waals surface area contributed by atoms with Crippen LogP contribution < -0.4 is 0 Å². The molecule has 0 aromatic rings. The fourth-order valence-corrected chi connectivity index (χ4v) is 1.99. The number of hydrogen-bond donors (Lipinski definition) is 6. The molecule has 0 saturated heterocycles. The van der Waals surface area contributed by atoms with Gasteiger partial charge in [-0.2, -0.15) is 0 Å². The van der Waals surface area contributed by atoms with Gasteiger partial charge in [-0.3, -0.25) is 0 Å². The number of carbonyl (C=O) groups is 1. The van der Waals surface area contributed by atoms with Gasteiger partial charge < -0.3 is 0 Å². The second-order valence-electron chi connectivity index (χ2n) is 2.51. The Morgan fingerprint density at radius 1 is 1.21 bits per heavy atom. The van der Waals surface area contributed by atoms with Crippen molar-refractivity contribution in [1.82, 2.24) is 0 Å². The number of aliphatic hydroxyl groups excluding tert-OH is 5. The monoisotopic (exact) mass is 409 g/mol. The van der Waals surface area contributed by atoms with E-state index in [1.54, 1.807) is 0 Å². The SMILES string of the molecule is O=[C]([Au][SH])[C@H](O)[C@@H](O)[C@H](O)[C@H](O)CO. The average Bonchev–Trinajstić information content (AvgIpc) is 2.23. The summed E-state index contributed by atoms with van der Waals surface area (Å²) in [7, 11) is 3.68. The molecule has 0 heterocycles. The van der Waals surface area contributed by atoms with Gasteiger partial charge in [-0.1, -0.05) is 0 Å². The Kier molecular flexibility index (Phi) is 7.22. The molecule has 0 bridgehead atoms. The summed E-state index contributed by atoms with van der Waals surface area (Å²) in [6.45, 7) is -0.770. The Labute approximate surface area is 93.9 Å². The number of aliphatic hydroxyl groups is 5. The van der Waals surface area contributed by atoms with Crippen LogP contribution in [-0.2, 0) is 23.2 Å². The molecule has 0 aromatic heterocycles. The summed E-state index contributed by atoms with van der Waals surface area (Å²) in [6, 6.07) is 0. The molecule has 14 heavy (non-hydrogen) atoms. The topological polar surface area (TPSA) is 118 Å². The van der Waals surface area contributed by atoms with Crippen molar-refractivity contribution in [1.29, 1.82) is 0 Å². The van der Waals surface area contributed by atoms with Gasteiger partial charge in [0.05, 0.1) is 0 Å². The van der Waals surface area contributed by atoms with Gasteiger partial charge in [0, 0.05) is 0 Å². The molecule has 0 aliphatic rings. The number of thiol groups is 1. The fraction of sp³-hybridized carbons (Fsp3) is 0.833. The van der Waals surface area contributed by atoms with E-state index in [2.05, 4.69) is 10.1 Å². The van der Waals surface area contributed by atoms with E-state index in [-0.39, 0.29) is 0 Å². The first-order valence-corrected chi connectivity index (χ1v) is 7.80. The van der Waals surface area contributed by atoms with Crippen molar-refractivity contribution < 1.29 is 48.8 Å². The number of hydrogen-bond acceptors (Lipinski definition) is 7. The quantitative estimate of drug-likeness (QED) is 0.204. The molecule has 6 nitrogen and oxygen atoms in total. The second kappa shape index (κ2) is 6.94. The van der Waals surface area contributed by atoms with Gasteiger partial charge >= 0.3 is 93.9 Å². The van der Waals surface area contributed by atoms with Gasteiger partial charge in [-0.15, -0.1) is 0 Å². The first kappa shape index (κ1) is 14.6. The molecule has 0 spiro atoms. The Morgan fingerprint density at radius 3 is 2.07 bits per heavy atom. The predicted molar refractivity (Wildman–Crippen MR) is 45.1 cm³/mol. The van der Waals surface area contributed by atoms with Crippen LogP contribution in [0.2, 0.25) is 0 Å². The van der Waals surface area contributed by atoms with E-state index < -0.39 is 53.5 Å². The van der Waals surface area contributed by atoms with Crippen LogP contribution in [-0.4, -0.2) is 60.6 Å². The Bertz CT molecular complexity index is 191. The van der Waals surface area contributed by atoms with E-state index in [4.69, 9.17) is 20.4 Å². The summed E-state index contributed by atoms with van der Waals surface area (Å²) < 4.78 is -0.676. The van der Waals surface area contributed by atoms with Crippen LogP contribution in [0.1, 0.15) is 0 Å². The van der Waals surface area contributed by atoms with Gasteiger partial charge in [-0.05, 0) is 0 Å². The Balaban J connectivity index is 4.30. The minimum atomic E-state index is -1.81. The Hall–Kier alpha value is 0.560. The maximum atomic E-state index is 10.9. The molecule has 0 aliphatic carbocycles. The molecule has 0 rings (SSSR count). The van der Waals surface area contributed by atoms with Crippen LogP contribution in [0.5, 0.6) is 0 Å². The van der Waals surface area contributed by atoms with Gasteiger partial charge in [0.2, 0.25) is 0 Å². The summed E-state index contributed by atoms with van der Waals surface area (Å²) >= 11 is -1.08. The minimum absolute atomic E-state index is 0.676. The molecule has 8 heteroatoms. The van der Waals surface area contributed by atoms with Crippen LogP contribution in [0.3, 0.4) is 0 Å². The molecule has 0 unspecified atom stereocenters. The molecule has 0 aromatic carbocycles. The van der Waals surface area contributed by atoms with E-state index in [9.17, 15) is 9.90 Å². The van der Waals surface area contributed by atoms with Crippen molar-refractivity contribution in [3.63, 3.8) is 0 Å². The molecule has 89 valence electrons. The van der Waals surface area contributed by atoms with Crippen LogP contribution in [0.25, 0.3) is 0 Å². The summed E-state index contributed by atoms with van der Waals surface area (Å²) in [5.74, 6) is 0. The summed E-state index contributed by atoms with van der Waals surface area (Å²) in [5.41, 5.74) is 0. The zero-order chi connectivity index (χ0) is 11.3. The van der Waals surface area contributed by atoms with Crippen molar-refractivity contribution in [2.75, 3.05) is 6.61 Å². The zero-order valence-corrected chi connectivity index (χ0v) is 9.97. The normalized spacial score (nSPS) is 20.1. The molecule has 5 N–H and O–H groups in total. The molecule has 0 fully saturated rings. The Morgan fingerprint density at radius 2 is 1.71 bits per heavy atom. The summed E-state index contributed by atoms with van der Waals surface area (Å²) in [4.78, 5) is 10.9. The third-order valence-electron chi connectivity index (χ3n) is 1.53. The fourth-order valence-electron chi connectivity index (χ4n) is 0.683. The standard InChI is InChI=1S/C6H11O6.Au.H2S/c7-1-3(9)5(11)6(12)4(10)2-8;;/h3-7,9-12H,1H2;;1H2/q;+1;/p-1/t3-,4+,5-,6-;;/m1../s1. The molecule has 0 radical (unpaired) electrons. The molecule has 0 saturated carbocycles. The van der Waals surface area contributed by atoms with Crippen LogP contribution in [0, 0.1) is 0 Å². The number of carbonyl (C=O) groups excluding carboxylic acids is 1. The van der Waals surface area contributed by atoms with Crippen molar-refractivity contribution >= 4 is 14.1 Å². The molecular weight excluding hydrogens is 397 g/mol. The van der Waals surface area contributed by atoms with E-state index in [0.29, 0.717) is 0 Å². The number of rotatable bonds is 6. The van der Waals surface area contributed by atoms with Crippen LogP contribution in [0.4, 0.5) is 0 Å². The maximum absolute atomic E-state index is 10.9. The third-order valence-corrected chi connectivity index (χ3v) is 3.74. The van der Waals surface area contributed by atoms with E-state index >= 15 is 0 Å². The van der Waals surface area contributed by atoms with Gasteiger partial charge in [-0.25, -0.2) is 0 Å². The zero-order valence-electron chi connectivity index (χ0n) is 6.91.